The molecule has 0 saturated carbocycles. The maximum absolute atomic E-state index is 15.5. The van der Waals surface area contributed by atoms with Gasteiger partial charge in [0.2, 0.25) is 5.91 Å². The van der Waals surface area contributed by atoms with Crippen molar-refractivity contribution in [3.8, 4) is 16.9 Å². The molecule has 10 heteroatoms. The van der Waals surface area contributed by atoms with Crippen LogP contribution in [0.3, 0.4) is 0 Å². The van der Waals surface area contributed by atoms with E-state index in [0.717, 1.165) is 5.69 Å². The lowest BCUT2D eigenvalue weighted by Crippen LogP contribution is -2.39. The number of likely N-dealkylation sites (N-methyl/N-ethyl adjacent to an activating group) is 1. The lowest BCUT2D eigenvalue weighted by atomic mass is 9.94. The zero-order chi connectivity index (χ0) is 29.3. The van der Waals surface area contributed by atoms with E-state index in [-0.39, 0.29) is 40.5 Å². The molecule has 2 aromatic heterocycles. The largest absolute Gasteiger partial charge is 0.494 e. The Balaban J connectivity index is 1.63. The van der Waals surface area contributed by atoms with Crippen molar-refractivity contribution < 1.29 is 22.7 Å². The van der Waals surface area contributed by atoms with Gasteiger partial charge in [-0.2, -0.15) is 0 Å². The number of hydrogen-bond donors (Lipinski definition) is 0. The van der Waals surface area contributed by atoms with Gasteiger partial charge in [0.05, 0.1) is 17.7 Å². The number of halogens is 3. The summed E-state index contributed by atoms with van der Waals surface area (Å²) in [5, 5.41) is 0.443. The molecule has 1 aliphatic rings. The van der Waals surface area contributed by atoms with Gasteiger partial charge in [0.1, 0.15) is 17.7 Å². The summed E-state index contributed by atoms with van der Waals surface area (Å²) >= 11 is 1.28. The van der Waals surface area contributed by atoms with Gasteiger partial charge in [-0.15, -0.1) is 11.8 Å². The molecule has 5 rings (SSSR count). The molecule has 0 spiro atoms. The Morgan fingerprint density at radius 1 is 1.07 bits per heavy atom. The first kappa shape index (κ1) is 28.5. The number of aromatic nitrogens is 2. The second-order valence-corrected chi connectivity index (χ2v) is 10.8. The monoisotopic (exact) mass is 579 g/mol. The number of hydrogen-bond acceptors (Lipinski definition) is 5. The number of ether oxygens (including phenoxy) is 1. The molecule has 212 valence electrons. The molecule has 2 aromatic carbocycles. The van der Waals surface area contributed by atoms with Gasteiger partial charge in [-0.3, -0.25) is 19.1 Å². The lowest BCUT2D eigenvalue weighted by molar-refractivity contribution is -0.132. The van der Waals surface area contributed by atoms with Crippen LogP contribution in [0.5, 0.6) is 5.75 Å². The standard InChI is InChI=1S/C31H28F3N3O3S/c1-18-21(16-22-23(32)10-7-11-24(22)33)31-37(30(39)27(18)20-9-6-12-26(40-3)28(20)34)25(17-41-31)29(38)36(2)15-13-19-8-4-5-14-35-19/h4-12,14,25H,13,15-17H2,1-3H3. The van der Waals surface area contributed by atoms with Crippen LogP contribution in [-0.2, 0) is 17.6 Å². The van der Waals surface area contributed by atoms with Crippen LogP contribution < -0.4 is 10.3 Å². The van der Waals surface area contributed by atoms with Gasteiger partial charge in [0.15, 0.2) is 11.6 Å². The molecule has 41 heavy (non-hydrogen) atoms. The van der Waals surface area contributed by atoms with Crippen LogP contribution >= 0.6 is 11.8 Å². The second kappa shape index (κ2) is 11.8. The summed E-state index contributed by atoms with van der Waals surface area (Å²) in [4.78, 5) is 33.6. The number of rotatable bonds is 8. The molecule has 0 bridgehead atoms. The normalized spacial score (nSPS) is 14.1. The molecule has 1 atom stereocenters. The number of methoxy groups -OCH3 is 1. The number of carbonyl (C=O) groups excluding carboxylic acids is 1. The number of nitrogens with zero attached hydrogens (tertiary/aromatic N) is 3. The highest BCUT2D eigenvalue weighted by Gasteiger charge is 2.36. The van der Waals surface area contributed by atoms with Crippen LogP contribution in [0, 0.1) is 24.4 Å². The van der Waals surface area contributed by atoms with E-state index in [4.69, 9.17) is 4.74 Å². The molecule has 6 nitrogen and oxygen atoms in total. The van der Waals surface area contributed by atoms with E-state index in [1.165, 1.54) is 53.8 Å². The minimum absolute atomic E-state index is 0.0102. The number of thioether (sulfide) groups is 1. The summed E-state index contributed by atoms with van der Waals surface area (Å²) in [6, 6.07) is 12.7. The van der Waals surface area contributed by atoms with E-state index in [1.54, 1.807) is 31.1 Å². The minimum Gasteiger partial charge on any atom is -0.494 e. The fraction of sp³-hybridized carbons (Fsp3) is 0.258. The fourth-order valence-electron chi connectivity index (χ4n) is 5.14. The lowest BCUT2D eigenvalue weighted by Gasteiger charge is -2.24. The number of pyridine rings is 2. The SMILES string of the molecule is COc1cccc(-c2c(C)c(Cc3c(F)cccc3F)c3n(c2=O)C(C(=O)N(C)CCc2ccccn2)CS3)c1F. The van der Waals surface area contributed by atoms with Crippen molar-refractivity contribution in [3.63, 3.8) is 0 Å². The van der Waals surface area contributed by atoms with Crippen molar-refractivity contribution in [3.05, 3.63) is 111 Å². The van der Waals surface area contributed by atoms with Crippen molar-refractivity contribution in [1.29, 1.82) is 0 Å². The average Bonchev–Trinajstić information content (AvgIpc) is 3.41. The quantitative estimate of drug-likeness (QED) is 0.273. The summed E-state index contributed by atoms with van der Waals surface area (Å²) in [5.74, 6) is -2.29. The molecule has 0 N–H and O–H groups in total. The Morgan fingerprint density at radius 3 is 2.49 bits per heavy atom. The molecular weight excluding hydrogens is 551 g/mol. The van der Waals surface area contributed by atoms with Gasteiger partial charge >= 0.3 is 0 Å². The third-order valence-corrected chi connectivity index (χ3v) is 8.58. The van der Waals surface area contributed by atoms with Crippen molar-refractivity contribution in [2.45, 2.75) is 30.8 Å². The predicted octanol–water partition coefficient (Wildman–Crippen LogP) is 5.58. The highest BCUT2D eigenvalue weighted by Crippen LogP contribution is 2.41. The molecule has 4 aromatic rings. The summed E-state index contributed by atoms with van der Waals surface area (Å²) in [5.41, 5.74) is 0.965. The van der Waals surface area contributed by atoms with Gasteiger partial charge in [0.25, 0.3) is 5.56 Å². The molecule has 1 aliphatic heterocycles. The highest BCUT2D eigenvalue weighted by molar-refractivity contribution is 7.99. The Labute approximate surface area is 239 Å². The predicted molar refractivity (Wildman–Crippen MR) is 152 cm³/mol. The van der Waals surface area contributed by atoms with Crippen LogP contribution in [0.25, 0.3) is 11.1 Å². The first-order valence-electron chi connectivity index (χ1n) is 13.0. The summed E-state index contributed by atoms with van der Waals surface area (Å²) in [7, 11) is 2.98. The van der Waals surface area contributed by atoms with Crippen molar-refractivity contribution in [2.75, 3.05) is 26.5 Å². The van der Waals surface area contributed by atoms with Gasteiger partial charge in [-0.05, 0) is 48.4 Å². The van der Waals surface area contributed by atoms with Crippen molar-refractivity contribution in [1.82, 2.24) is 14.5 Å². The molecule has 0 aliphatic carbocycles. The number of carbonyl (C=O) groups is 1. The Morgan fingerprint density at radius 2 is 1.80 bits per heavy atom. The Kier molecular flexibility index (Phi) is 8.21. The smallest absolute Gasteiger partial charge is 0.260 e. The van der Waals surface area contributed by atoms with Gasteiger partial charge < -0.3 is 9.64 Å². The third-order valence-electron chi connectivity index (χ3n) is 7.39. The van der Waals surface area contributed by atoms with Gasteiger partial charge in [0, 0.05) is 55.2 Å². The number of amides is 1. The Hall–Kier alpha value is -4.05. The molecule has 0 radical (unpaired) electrons. The van der Waals surface area contributed by atoms with Gasteiger partial charge in [-0.25, -0.2) is 13.2 Å². The number of benzene rings is 2. The molecule has 0 fully saturated rings. The van der Waals surface area contributed by atoms with Crippen molar-refractivity contribution in [2.24, 2.45) is 0 Å². The second-order valence-electron chi connectivity index (χ2n) is 9.82. The minimum atomic E-state index is -0.881. The topological polar surface area (TPSA) is 64.4 Å². The summed E-state index contributed by atoms with van der Waals surface area (Å²) in [6.07, 6.45) is 2.03. The van der Waals surface area contributed by atoms with Crippen LogP contribution in [0.1, 0.15) is 28.4 Å². The van der Waals surface area contributed by atoms with Crippen LogP contribution in [0.4, 0.5) is 13.2 Å². The number of fused-ring (bicyclic) bond motifs is 1. The van der Waals surface area contributed by atoms with E-state index in [2.05, 4.69) is 4.98 Å². The Bertz CT molecular complexity index is 1660. The molecule has 1 unspecified atom stereocenters. The third kappa shape index (κ3) is 5.36. The van der Waals surface area contributed by atoms with Gasteiger partial charge in [-0.1, -0.05) is 24.3 Å². The summed E-state index contributed by atoms with van der Waals surface area (Å²) < 4.78 is 51.5. The van der Waals surface area contributed by atoms with Crippen LogP contribution in [0.15, 0.2) is 70.6 Å². The molecular formula is C31H28F3N3O3S. The zero-order valence-electron chi connectivity index (χ0n) is 22.8. The van der Waals surface area contributed by atoms with E-state index in [0.29, 0.717) is 29.1 Å². The first-order chi connectivity index (χ1) is 19.7. The van der Waals surface area contributed by atoms with E-state index < -0.39 is 29.1 Å². The van der Waals surface area contributed by atoms with E-state index >= 15 is 4.39 Å². The van der Waals surface area contributed by atoms with E-state index in [1.807, 2.05) is 18.2 Å². The first-order valence-corrected chi connectivity index (χ1v) is 14.0. The average molecular weight is 580 g/mol. The molecule has 1 amide bonds. The summed E-state index contributed by atoms with van der Waals surface area (Å²) in [6.45, 7) is 2.01. The molecule has 3 heterocycles. The highest BCUT2D eigenvalue weighted by atomic mass is 32.2. The zero-order valence-corrected chi connectivity index (χ0v) is 23.6. The van der Waals surface area contributed by atoms with Crippen LogP contribution in [-0.4, -0.2) is 46.8 Å². The maximum Gasteiger partial charge on any atom is 0.260 e. The van der Waals surface area contributed by atoms with Crippen molar-refractivity contribution >= 4 is 17.7 Å². The van der Waals surface area contributed by atoms with E-state index in [9.17, 15) is 18.4 Å². The molecule has 0 saturated heterocycles. The maximum atomic E-state index is 15.5. The fourth-order valence-corrected chi connectivity index (χ4v) is 6.50. The van der Waals surface area contributed by atoms with Crippen LogP contribution in [0.2, 0.25) is 0 Å².